The van der Waals surface area contributed by atoms with Crippen molar-refractivity contribution in [1.82, 2.24) is 0 Å². The van der Waals surface area contributed by atoms with Crippen molar-refractivity contribution >= 4 is 38.8 Å². The summed E-state index contributed by atoms with van der Waals surface area (Å²) in [5.74, 6) is -0.931. The van der Waals surface area contributed by atoms with Gasteiger partial charge < -0.3 is 11.1 Å². The molecule has 0 radical (unpaired) electrons. The van der Waals surface area contributed by atoms with E-state index in [-0.39, 0.29) is 15.8 Å². The highest BCUT2D eigenvalue weighted by Gasteiger charge is 2.20. The van der Waals surface area contributed by atoms with E-state index in [1.54, 1.807) is 6.07 Å². The molecule has 0 heterocycles. The molecule has 1 rings (SSSR count). The van der Waals surface area contributed by atoms with E-state index >= 15 is 0 Å². The minimum absolute atomic E-state index is 0.0716. The van der Waals surface area contributed by atoms with E-state index in [9.17, 15) is 13.2 Å². The average molecular weight is 315 g/mol. The molecule has 0 aliphatic rings. The van der Waals surface area contributed by atoms with Gasteiger partial charge in [0.05, 0.1) is 15.8 Å². The maximum Gasteiger partial charge on any atom is 0.238 e. The van der Waals surface area contributed by atoms with Crippen LogP contribution in [-0.2, 0) is 14.8 Å². The summed E-state index contributed by atoms with van der Waals surface area (Å²) in [6.07, 6.45) is 1.29. The molecule has 0 aliphatic heterocycles. The van der Waals surface area contributed by atoms with Crippen LogP contribution >= 0.6 is 12.2 Å². The van der Waals surface area contributed by atoms with Gasteiger partial charge in [-0.15, -0.1) is 0 Å². The first-order valence-electron chi connectivity index (χ1n) is 5.98. The predicted molar refractivity (Wildman–Crippen MR) is 81.6 cm³/mol. The Morgan fingerprint density at radius 2 is 2.10 bits per heavy atom. The van der Waals surface area contributed by atoms with Gasteiger partial charge in [0.1, 0.15) is 0 Å². The second-order valence-corrected chi connectivity index (χ2v) is 6.34. The lowest BCUT2D eigenvalue weighted by atomic mass is 10.0. The monoisotopic (exact) mass is 315 g/mol. The fourth-order valence-corrected chi connectivity index (χ4v) is 2.46. The normalized spacial score (nSPS) is 12.7. The fourth-order valence-electron chi connectivity index (χ4n) is 1.67. The molecule has 1 amide bonds. The lowest BCUT2D eigenvalue weighted by Gasteiger charge is -2.14. The fraction of sp³-hybridized carbons (Fsp3) is 0.333. The van der Waals surface area contributed by atoms with Crippen molar-refractivity contribution < 1.29 is 13.2 Å². The molecule has 0 spiro atoms. The Bertz CT molecular complexity index is 614. The Morgan fingerprint density at radius 1 is 1.45 bits per heavy atom. The minimum Gasteiger partial charge on any atom is -0.393 e. The number of carbonyl (C=O) groups is 1. The first-order chi connectivity index (χ1) is 9.25. The van der Waals surface area contributed by atoms with E-state index in [4.69, 9.17) is 23.1 Å². The number of sulfonamides is 1. The molecule has 20 heavy (non-hydrogen) atoms. The number of primary sulfonamides is 1. The van der Waals surface area contributed by atoms with Crippen LogP contribution in [-0.4, -0.2) is 19.3 Å². The van der Waals surface area contributed by atoms with E-state index < -0.39 is 15.9 Å². The van der Waals surface area contributed by atoms with Crippen LogP contribution in [0.4, 0.5) is 5.69 Å². The second kappa shape index (κ2) is 6.78. The van der Waals surface area contributed by atoms with Crippen LogP contribution in [0.5, 0.6) is 0 Å². The van der Waals surface area contributed by atoms with Crippen LogP contribution in [0.2, 0.25) is 0 Å². The summed E-state index contributed by atoms with van der Waals surface area (Å²) < 4.78 is 22.5. The largest absolute Gasteiger partial charge is 0.393 e. The molecule has 0 bridgehead atoms. The smallest absolute Gasteiger partial charge is 0.238 e. The zero-order chi connectivity index (χ0) is 15.3. The average Bonchev–Trinajstić information content (AvgIpc) is 2.34. The van der Waals surface area contributed by atoms with Gasteiger partial charge in [0.25, 0.3) is 0 Å². The lowest BCUT2D eigenvalue weighted by molar-refractivity contribution is -0.118. The van der Waals surface area contributed by atoms with Crippen LogP contribution in [0.25, 0.3) is 0 Å². The van der Waals surface area contributed by atoms with Crippen molar-refractivity contribution in [2.45, 2.75) is 24.7 Å². The Labute approximate surface area is 123 Å². The van der Waals surface area contributed by atoms with Crippen LogP contribution in [0.15, 0.2) is 29.2 Å². The second-order valence-electron chi connectivity index (χ2n) is 4.31. The summed E-state index contributed by atoms with van der Waals surface area (Å²) in [6, 6.07) is 5.69. The number of carbonyl (C=O) groups excluding carboxylic acids is 1. The standard InChI is InChI=1S/C12H17N3O3S2/c1-2-4-10(11(13)19)12(16)15-8-5-3-6-9(7-8)20(14,17)18/h3,5-7,10H,2,4H2,1H3,(H2,13,19)(H,15,16)(H2,14,17,18). The SMILES string of the molecule is CCCC(C(=O)Nc1cccc(S(N)(=O)=O)c1)C(N)=S. The van der Waals surface area contributed by atoms with Gasteiger partial charge >= 0.3 is 0 Å². The van der Waals surface area contributed by atoms with Crippen molar-refractivity contribution in [3.8, 4) is 0 Å². The summed E-state index contributed by atoms with van der Waals surface area (Å²) in [5, 5.41) is 7.63. The number of anilines is 1. The van der Waals surface area contributed by atoms with E-state index in [0.29, 0.717) is 12.1 Å². The maximum atomic E-state index is 12.0. The van der Waals surface area contributed by atoms with Crippen molar-refractivity contribution in [1.29, 1.82) is 0 Å². The predicted octanol–water partition coefficient (Wildman–Crippen LogP) is 0.975. The quantitative estimate of drug-likeness (QED) is 0.677. The Kier molecular flexibility index (Phi) is 5.61. The van der Waals surface area contributed by atoms with Gasteiger partial charge in [-0.3, -0.25) is 4.79 Å². The summed E-state index contributed by atoms with van der Waals surface area (Å²) in [7, 11) is -3.81. The lowest BCUT2D eigenvalue weighted by Crippen LogP contribution is -2.33. The molecule has 0 saturated heterocycles. The maximum absolute atomic E-state index is 12.0. The highest BCUT2D eigenvalue weighted by atomic mass is 32.2. The van der Waals surface area contributed by atoms with Gasteiger partial charge in [0.2, 0.25) is 15.9 Å². The van der Waals surface area contributed by atoms with Crippen molar-refractivity contribution in [2.24, 2.45) is 16.8 Å². The van der Waals surface area contributed by atoms with E-state index in [2.05, 4.69) is 5.32 Å². The summed E-state index contributed by atoms with van der Waals surface area (Å²) in [4.78, 5) is 12.1. The molecule has 5 N–H and O–H groups in total. The number of rotatable bonds is 6. The van der Waals surface area contributed by atoms with Gasteiger partial charge in [0.15, 0.2) is 0 Å². The summed E-state index contributed by atoms with van der Waals surface area (Å²) in [6.45, 7) is 1.92. The van der Waals surface area contributed by atoms with Gasteiger partial charge in [-0.2, -0.15) is 0 Å². The number of hydrogen-bond donors (Lipinski definition) is 3. The number of hydrogen-bond acceptors (Lipinski definition) is 4. The Balaban J connectivity index is 2.93. The molecule has 1 atom stereocenters. The van der Waals surface area contributed by atoms with Gasteiger partial charge in [0, 0.05) is 5.69 Å². The first-order valence-corrected chi connectivity index (χ1v) is 7.94. The molecule has 0 saturated carbocycles. The van der Waals surface area contributed by atoms with Crippen molar-refractivity contribution in [2.75, 3.05) is 5.32 Å². The van der Waals surface area contributed by atoms with Crippen molar-refractivity contribution in [3.63, 3.8) is 0 Å². The molecule has 6 nitrogen and oxygen atoms in total. The first kappa shape index (κ1) is 16.5. The summed E-state index contributed by atoms with van der Waals surface area (Å²) >= 11 is 4.86. The molecule has 8 heteroatoms. The van der Waals surface area contributed by atoms with Gasteiger partial charge in [-0.1, -0.05) is 31.6 Å². The molecule has 1 aromatic rings. The van der Waals surface area contributed by atoms with E-state index in [1.807, 2.05) is 6.92 Å². The zero-order valence-corrected chi connectivity index (χ0v) is 12.6. The number of thiocarbonyl (C=S) groups is 1. The Hall–Kier alpha value is -1.51. The molecule has 110 valence electrons. The topological polar surface area (TPSA) is 115 Å². The molecule has 0 aliphatic carbocycles. The third kappa shape index (κ3) is 4.55. The molecule has 0 fully saturated rings. The van der Waals surface area contributed by atoms with Crippen LogP contribution in [0.1, 0.15) is 19.8 Å². The summed E-state index contributed by atoms with van der Waals surface area (Å²) in [5.41, 5.74) is 5.86. The highest BCUT2D eigenvalue weighted by molar-refractivity contribution is 7.89. The number of nitrogens with two attached hydrogens (primary N) is 2. The van der Waals surface area contributed by atoms with Crippen molar-refractivity contribution in [3.05, 3.63) is 24.3 Å². The molecule has 1 unspecified atom stereocenters. The zero-order valence-electron chi connectivity index (χ0n) is 11.0. The molecular formula is C12H17N3O3S2. The highest BCUT2D eigenvalue weighted by Crippen LogP contribution is 2.16. The van der Waals surface area contributed by atoms with Gasteiger partial charge in [-0.25, -0.2) is 13.6 Å². The third-order valence-electron chi connectivity index (χ3n) is 2.67. The molecule has 0 aromatic heterocycles. The van der Waals surface area contributed by atoms with Crippen LogP contribution in [0, 0.1) is 5.92 Å². The number of amides is 1. The number of nitrogens with one attached hydrogen (secondary N) is 1. The van der Waals surface area contributed by atoms with E-state index in [1.165, 1.54) is 18.2 Å². The van der Waals surface area contributed by atoms with Crippen LogP contribution in [0.3, 0.4) is 0 Å². The van der Waals surface area contributed by atoms with Gasteiger partial charge in [-0.05, 0) is 24.6 Å². The third-order valence-corrected chi connectivity index (χ3v) is 3.86. The Morgan fingerprint density at radius 3 is 2.60 bits per heavy atom. The minimum atomic E-state index is -3.81. The molecular weight excluding hydrogens is 298 g/mol. The number of benzene rings is 1. The van der Waals surface area contributed by atoms with E-state index in [0.717, 1.165) is 6.42 Å². The van der Waals surface area contributed by atoms with Crippen LogP contribution < -0.4 is 16.2 Å². The molecule has 1 aromatic carbocycles.